The first kappa shape index (κ1) is 22.1. The fourth-order valence-electron chi connectivity index (χ4n) is 2.77. The van der Waals surface area contributed by atoms with E-state index in [0.717, 1.165) is 6.07 Å². The molecule has 0 amide bonds. The molecular formula is C19H22N4O5S. The summed E-state index contributed by atoms with van der Waals surface area (Å²) >= 11 is 0. The summed E-state index contributed by atoms with van der Waals surface area (Å²) < 4.78 is 32.9. The molecule has 29 heavy (non-hydrogen) atoms. The molecule has 0 saturated carbocycles. The van der Waals surface area contributed by atoms with E-state index in [9.17, 15) is 23.8 Å². The summed E-state index contributed by atoms with van der Waals surface area (Å²) in [5, 5.41) is 23.2. The first-order valence-corrected chi connectivity index (χ1v) is 10.4. The van der Waals surface area contributed by atoms with Gasteiger partial charge in [0.05, 0.1) is 22.8 Å². The molecule has 0 bridgehead atoms. The Morgan fingerprint density at radius 3 is 2.41 bits per heavy atom. The quantitative estimate of drug-likeness (QED) is 0.487. The van der Waals surface area contributed by atoms with Crippen LogP contribution in [0, 0.1) is 21.4 Å². The molecule has 0 aliphatic heterocycles. The Bertz CT molecular complexity index is 1040. The van der Waals surface area contributed by atoms with Crippen molar-refractivity contribution in [2.45, 2.75) is 25.7 Å². The molecule has 2 aromatic rings. The van der Waals surface area contributed by atoms with E-state index in [4.69, 9.17) is 4.74 Å². The molecule has 0 saturated heterocycles. The number of nitrogens with one attached hydrogen (secondary N) is 1. The SMILES string of the molecule is CCOc1ccc(Nc2ccc([N+](=O)[O-])cc2C#N)cc1S(=O)(=O)N(CC)CC. The second-order valence-electron chi connectivity index (χ2n) is 5.91. The lowest BCUT2D eigenvalue weighted by Gasteiger charge is -2.21. The molecule has 2 rings (SSSR count). The molecule has 0 aromatic heterocycles. The minimum absolute atomic E-state index is 0.00784. The average Bonchev–Trinajstić information content (AvgIpc) is 2.70. The van der Waals surface area contributed by atoms with Crippen molar-refractivity contribution in [3.8, 4) is 11.8 Å². The highest BCUT2D eigenvalue weighted by molar-refractivity contribution is 7.89. The second kappa shape index (κ2) is 9.36. The normalized spacial score (nSPS) is 11.1. The van der Waals surface area contributed by atoms with Crippen LogP contribution in [0.4, 0.5) is 17.1 Å². The van der Waals surface area contributed by atoms with Crippen molar-refractivity contribution in [2.24, 2.45) is 0 Å². The highest BCUT2D eigenvalue weighted by Gasteiger charge is 2.26. The van der Waals surface area contributed by atoms with E-state index in [0.29, 0.717) is 31.1 Å². The highest BCUT2D eigenvalue weighted by atomic mass is 32.2. The van der Waals surface area contributed by atoms with Crippen molar-refractivity contribution in [3.05, 3.63) is 52.1 Å². The molecule has 2 aromatic carbocycles. The van der Waals surface area contributed by atoms with Crippen molar-refractivity contribution in [3.63, 3.8) is 0 Å². The van der Waals surface area contributed by atoms with Gasteiger partial charge in [-0.25, -0.2) is 8.42 Å². The fourth-order valence-corrected chi connectivity index (χ4v) is 4.38. The third-order valence-electron chi connectivity index (χ3n) is 4.18. The number of hydrogen-bond donors (Lipinski definition) is 1. The summed E-state index contributed by atoms with van der Waals surface area (Å²) in [6.45, 7) is 6.18. The van der Waals surface area contributed by atoms with Gasteiger partial charge >= 0.3 is 0 Å². The van der Waals surface area contributed by atoms with Crippen LogP contribution in [0.15, 0.2) is 41.3 Å². The molecule has 0 fully saturated rings. The van der Waals surface area contributed by atoms with E-state index >= 15 is 0 Å². The Labute approximate surface area is 169 Å². The van der Waals surface area contributed by atoms with Crippen LogP contribution in [-0.4, -0.2) is 37.3 Å². The molecule has 1 N–H and O–H groups in total. The molecule has 0 unspecified atom stereocenters. The van der Waals surface area contributed by atoms with Gasteiger partial charge in [0, 0.05) is 30.9 Å². The zero-order valence-electron chi connectivity index (χ0n) is 16.4. The zero-order chi connectivity index (χ0) is 21.6. The Balaban J connectivity index is 2.51. The van der Waals surface area contributed by atoms with Crippen molar-refractivity contribution in [2.75, 3.05) is 25.0 Å². The number of nitriles is 1. The van der Waals surface area contributed by atoms with Crippen LogP contribution in [0.5, 0.6) is 5.75 Å². The van der Waals surface area contributed by atoms with E-state index in [1.165, 1.54) is 22.5 Å². The van der Waals surface area contributed by atoms with Gasteiger partial charge in [-0.2, -0.15) is 9.57 Å². The number of benzene rings is 2. The Morgan fingerprint density at radius 1 is 1.17 bits per heavy atom. The van der Waals surface area contributed by atoms with Crippen LogP contribution < -0.4 is 10.1 Å². The maximum Gasteiger partial charge on any atom is 0.270 e. The number of nitro benzene ring substituents is 1. The number of hydrogen-bond acceptors (Lipinski definition) is 7. The maximum absolute atomic E-state index is 13.0. The Morgan fingerprint density at radius 2 is 1.86 bits per heavy atom. The van der Waals surface area contributed by atoms with E-state index in [2.05, 4.69) is 5.32 Å². The number of sulfonamides is 1. The van der Waals surface area contributed by atoms with Gasteiger partial charge in [-0.1, -0.05) is 13.8 Å². The van der Waals surface area contributed by atoms with Crippen LogP contribution in [-0.2, 0) is 10.0 Å². The summed E-state index contributed by atoms with van der Waals surface area (Å²) in [7, 11) is -3.79. The van der Waals surface area contributed by atoms with Gasteiger partial charge in [0.1, 0.15) is 16.7 Å². The van der Waals surface area contributed by atoms with Crippen LogP contribution in [0.25, 0.3) is 0 Å². The van der Waals surface area contributed by atoms with Gasteiger partial charge in [0.15, 0.2) is 0 Å². The van der Waals surface area contributed by atoms with Crippen molar-refractivity contribution in [1.29, 1.82) is 5.26 Å². The molecule has 10 heteroatoms. The van der Waals surface area contributed by atoms with Gasteiger partial charge in [-0.15, -0.1) is 0 Å². The molecule has 0 radical (unpaired) electrons. The van der Waals surface area contributed by atoms with E-state index in [-0.39, 0.29) is 21.9 Å². The van der Waals surface area contributed by atoms with Gasteiger partial charge < -0.3 is 10.1 Å². The van der Waals surface area contributed by atoms with Crippen LogP contribution in [0.2, 0.25) is 0 Å². The van der Waals surface area contributed by atoms with Gasteiger partial charge in [-0.3, -0.25) is 10.1 Å². The minimum Gasteiger partial charge on any atom is -0.492 e. The van der Waals surface area contributed by atoms with Gasteiger partial charge in [0.25, 0.3) is 5.69 Å². The zero-order valence-corrected chi connectivity index (χ0v) is 17.2. The minimum atomic E-state index is -3.79. The molecule has 0 aliphatic rings. The van der Waals surface area contributed by atoms with Crippen LogP contribution >= 0.6 is 0 Å². The summed E-state index contributed by atoms with van der Waals surface area (Å²) in [6.07, 6.45) is 0. The first-order valence-electron chi connectivity index (χ1n) is 9.01. The smallest absolute Gasteiger partial charge is 0.270 e. The number of rotatable bonds is 9. The Hall–Kier alpha value is -3.16. The van der Waals surface area contributed by atoms with E-state index < -0.39 is 14.9 Å². The lowest BCUT2D eigenvalue weighted by Crippen LogP contribution is -2.31. The highest BCUT2D eigenvalue weighted by Crippen LogP contribution is 2.32. The molecule has 154 valence electrons. The molecule has 0 aliphatic carbocycles. The monoisotopic (exact) mass is 418 g/mol. The lowest BCUT2D eigenvalue weighted by atomic mass is 10.1. The number of nitro groups is 1. The standard InChI is InChI=1S/C19H22N4O5S/c1-4-22(5-2)29(26,27)19-12-15(7-10-18(19)28-6-3)21-17-9-8-16(23(24)25)11-14(17)13-20/h7-12,21H,4-6H2,1-3H3. The largest absolute Gasteiger partial charge is 0.492 e. The molecule has 0 atom stereocenters. The van der Waals surface area contributed by atoms with Gasteiger partial charge in [-0.05, 0) is 31.2 Å². The predicted octanol–water partition coefficient (Wildman–Crippen LogP) is 3.64. The van der Waals surface area contributed by atoms with E-state index in [1.807, 2.05) is 6.07 Å². The fraction of sp³-hybridized carbons (Fsp3) is 0.316. The van der Waals surface area contributed by atoms with Gasteiger partial charge in [0.2, 0.25) is 10.0 Å². The first-order chi connectivity index (χ1) is 13.8. The Kier molecular flexibility index (Phi) is 7.14. The van der Waals surface area contributed by atoms with E-state index in [1.54, 1.807) is 32.9 Å². The third-order valence-corrected chi connectivity index (χ3v) is 6.25. The molecular weight excluding hydrogens is 396 g/mol. The molecule has 0 spiro atoms. The number of ether oxygens (including phenoxy) is 1. The number of non-ortho nitro benzene ring substituents is 1. The van der Waals surface area contributed by atoms with Crippen LogP contribution in [0.3, 0.4) is 0 Å². The van der Waals surface area contributed by atoms with Crippen LogP contribution in [0.1, 0.15) is 26.3 Å². The summed E-state index contributed by atoms with van der Waals surface area (Å²) in [6, 6.07) is 10.3. The number of nitrogens with zero attached hydrogens (tertiary/aromatic N) is 3. The van der Waals surface area contributed by atoms with Crippen molar-refractivity contribution in [1.82, 2.24) is 4.31 Å². The topological polar surface area (TPSA) is 126 Å². The maximum atomic E-state index is 13.0. The molecule has 0 heterocycles. The second-order valence-corrected chi connectivity index (χ2v) is 7.81. The summed E-state index contributed by atoms with van der Waals surface area (Å²) in [5.41, 5.74) is 0.600. The molecule has 9 nitrogen and oxygen atoms in total. The van der Waals surface area contributed by atoms with Crippen molar-refractivity contribution >= 4 is 27.1 Å². The summed E-state index contributed by atoms with van der Waals surface area (Å²) in [5.74, 6) is 0.231. The van der Waals surface area contributed by atoms with Crippen molar-refractivity contribution < 1.29 is 18.1 Å². The predicted molar refractivity (Wildman–Crippen MR) is 109 cm³/mol. The number of anilines is 2. The average molecular weight is 418 g/mol. The lowest BCUT2D eigenvalue weighted by molar-refractivity contribution is -0.384. The third kappa shape index (κ3) is 4.82. The summed E-state index contributed by atoms with van der Waals surface area (Å²) in [4.78, 5) is 10.3.